The van der Waals surface area contributed by atoms with Crippen LogP contribution in [0.5, 0.6) is 0 Å². The summed E-state index contributed by atoms with van der Waals surface area (Å²) in [4.78, 5) is 17.0. The first-order chi connectivity index (χ1) is 9.08. The van der Waals surface area contributed by atoms with E-state index in [4.69, 9.17) is 4.42 Å². The molecule has 0 unspecified atom stereocenters. The van der Waals surface area contributed by atoms with Crippen molar-refractivity contribution in [1.29, 1.82) is 0 Å². The number of carbonyl (C=O) groups excluding carboxylic acids is 1. The van der Waals surface area contributed by atoms with Crippen molar-refractivity contribution >= 4 is 21.8 Å². The average molecular weight is 327 g/mol. The summed E-state index contributed by atoms with van der Waals surface area (Å²) < 4.78 is 6.33. The van der Waals surface area contributed by atoms with Crippen LogP contribution in [-0.4, -0.2) is 47.9 Å². The summed E-state index contributed by atoms with van der Waals surface area (Å²) in [5.41, 5.74) is 0.692. The van der Waals surface area contributed by atoms with E-state index in [9.17, 15) is 4.79 Å². The summed E-state index contributed by atoms with van der Waals surface area (Å²) in [5.74, 6) is 1.58. The van der Waals surface area contributed by atoms with Crippen LogP contribution in [0.15, 0.2) is 8.89 Å². The van der Waals surface area contributed by atoms with Gasteiger partial charge in [0, 0.05) is 32.2 Å². The van der Waals surface area contributed by atoms with Gasteiger partial charge in [-0.2, -0.15) is 0 Å². The van der Waals surface area contributed by atoms with Gasteiger partial charge in [-0.15, -0.1) is 0 Å². The topological polar surface area (TPSA) is 36.7 Å². The zero-order chi connectivity index (χ0) is 13.6. The van der Waals surface area contributed by atoms with Crippen LogP contribution in [0.1, 0.15) is 34.7 Å². The molecule has 4 nitrogen and oxygen atoms in total. The van der Waals surface area contributed by atoms with Gasteiger partial charge in [0.2, 0.25) is 0 Å². The van der Waals surface area contributed by atoms with Crippen LogP contribution in [0.2, 0.25) is 0 Å². The number of halogens is 1. The van der Waals surface area contributed by atoms with Gasteiger partial charge in [0.1, 0.15) is 11.5 Å². The van der Waals surface area contributed by atoms with Crippen molar-refractivity contribution in [2.45, 2.75) is 32.7 Å². The van der Waals surface area contributed by atoms with Crippen molar-refractivity contribution in [3.05, 3.63) is 21.6 Å². The van der Waals surface area contributed by atoms with Crippen LogP contribution in [0, 0.1) is 13.8 Å². The Morgan fingerprint density at radius 1 is 1.16 bits per heavy atom. The molecule has 0 aromatic carbocycles. The molecule has 0 bridgehead atoms. The molecule has 19 heavy (non-hydrogen) atoms. The molecule has 1 aromatic rings. The summed E-state index contributed by atoms with van der Waals surface area (Å²) in [6, 6.07) is 0.793. The van der Waals surface area contributed by atoms with Crippen molar-refractivity contribution in [2.24, 2.45) is 0 Å². The van der Waals surface area contributed by atoms with Crippen molar-refractivity contribution in [2.75, 3.05) is 26.2 Å². The molecule has 2 aliphatic rings. The fourth-order valence-electron chi connectivity index (χ4n) is 2.79. The summed E-state index contributed by atoms with van der Waals surface area (Å²) in [7, 11) is 0. The van der Waals surface area contributed by atoms with Crippen LogP contribution < -0.4 is 0 Å². The van der Waals surface area contributed by atoms with Crippen LogP contribution in [0.25, 0.3) is 0 Å². The van der Waals surface area contributed by atoms with E-state index in [-0.39, 0.29) is 5.91 Å². The average Bonchev–Trinajstić information content (AvgIpc) is 3.19. The summed E-state index contributed by atoms with van der Waals surface area (Å²) in [5, 5.41) is 0. The van der Waals surface area contributed by atoms with Gasteiger partial charge in [0.05, 0.1) is 10.0 Å². The molecule has 0 radical (unpaired) electrons. The zero-order valence-electron chi connectivity index (χ0n) is 11.4. The Morgan fingerprint density at radius 3 is 2.26 bits per heavy atom. The molecule has 3 rings (SSSR count). The van der Waals surface area contributed by atoms with E-state index in [1.165, 1.54) is 12.8 Å². The Balaban J connectivity index is 1.70. The fraction of sp³-hybridized carbons (Fsp3) is 0.643. The second-order valence-electron chi connectivity index (χ2n) is 5.46. The van der Waals surface area contributed by atoms with E-state index in [0.29, 0.717) is 11.3 Å². The maximum Gasteiger partial charge on any atom is 0.258 e. The fourth-order valence-corrected chi connectivity index (χ4v) is 3.32. The minimum atomic E-state index is 0.0941. The SMILES string of the molecule is Cc1oc(C)c(C(=O)N2CCN(C3CC3)CC2)c1Br. The third-order valence-corrected chi connectivity index (χ3v) is 5.02. The Kier molecular flexibility index (Phi) is 3.43. The van der Waals surface area contributed by atoms with Crippen molar-refractivity contribution in [1.82, 2.24) is 9.80 Å². The Labute approximate surface area is 121 Å². The third kappa shape index (κ3) is 2.46. The molecule has 2 fully saturated rings. The molecule has 2 heterocycles. The standard InChI is InChI=1S/C14H19BrN2O2/c1-9-12(13(15)10(2)19-9)14(18)17-7-5-16(6-8-17)11-3-4-11/h11H,3-8H2,1-2H3. The lowest BCUT2D eigenvalue weighted by Gasteiger charge is -2.34. The first-order valence-electron chi connectivity index (χ1n) is 6.86. The molecule has 1 saturated heterocycles. The molecule has 1 aliphatic heterocycles. The molecule has 0 atom stereocenters. The van der Waals surface area contributed by atoms with E-state index >= 15 is 0 Å². The minimum absolute atomic E-state index is 0.0941. The number of piperazine rings is 1. The lowest BCUT2D eigenvalue weighted by atomic mass is 10.2. The van der Waals surface area contributed by atoms with Gasteiger partial charge in [0.25, 0.3) is 5.91 Å². The lowest BCUT2D eigenvalue weighted by molar-refractivity contribution is 0.0625. The van der Waals surface area contributed by atoms with Crippen LogP contribution in [0.3, 0.4) is 0 Å². The summed E-state index contributed by atoms with van der Waals surface area (Å²) in [6.07, 6.45) is 2.67. The first kappa shape index (κ1) is 13.2. The van der Waals surface area contributed by atoms with E-state index < -0.39 is 0 Å². The number of aryl methyl sites for hydroxylation is 2. The van der Waals surface area contributed by atoms with E-state index in [0.717, 1.165) is 42.5 Å². The Morgan fingerprint density at radius 2 is 1.79 bits per heavy atom. The number of furan rings is 1. The Bertz CT molecular complexity index is 500. The maximum atomic E-state index is 12.6. The minimum Gasteiger partial charge on any atom is -0.465 e. The second kappa shape index (κ2) is 4.94. The number of rotatable bonds is 2. The molecule has 104 valence electrons. The predicted octanol–water partition coefficient (Wildman–Crippen LogP) is 2.58. The van der Waals surface area contributed by atoms with Gasteiger partial charge in [-0.05, 0) is 42.6 Å². The first-order valence-corrected chi connectivity index (χ1v) is 7.66. The smallest absolute Gasteiger partial charge is 0.258 e. The summed E-state index contributed by atoms with van der Waals surface area (Å²) in [6.45, 7) is 7.38. The number of carbonyl (C=O) groups is 1. The van der Waals surface area contributed by atoms with Crippen LogP contribution >= 0.6 is 15.9 Å². The molecule has 1 amide bonds. The number of amides is 1. The normalized spacial score (nSPS) is 20.9. The number of hydrogen-bond donors (Lipinski definition) is 0. The molecule has 1 aliphatic carbocycles. The van der Waals surface area contributed by atoms with Gasteiger partial charge < -0.3 is 9.32 Å². The van der Waals surface area contributed by atoms with Crippen molar-refractivity contribution < 1.29 is 9.21 Å². The van der Waals surface area contributed by atoms with Crippen molar-refractivity contribution in [3.63, 3.8) is 0 Å². The molecular weight excluding hydrogens is 308 g/mol. The molecule has 5 heteroatoms. The van der Waals surface area contributed by atoms with Gasteiger partial charge in [-0.1, -0.05) is 0 Å². The quantitative estimate of drug-likeness (QED) is 0.838. The molecular formula is C14H19BrN2O2. The van der Waals surface area contributed by atoms with E-state index in [2.05, 4.69) is 20.8 Å². The second-order valence-corrected chi connectivity index (χ2v) is 6.26. The molecule has 1 aromatic heterocycles. The molecule has 1 saturated carbocycles. The highest BCUT2D eigenvalue weighted by Gasteiger charge is 2.33. The van der Waals surface area contributed by atoms with Gasteiger partial charge >= 0.3 is 0 Å². The maximum absolute atomic E-state index is 12.6. The van der Waals surface area contributed by atoms with E-state index in [1.54, 1.807) is 0 Å². The highest BCUT2D eigenvalue weighted by molar-refractivity contribution is 9.10. The van der Waals surface area contributed by atoms with E-state index in [1.807, 2.05) is 18.7 Å². The van der Waals surface area contributed by atoms with Gasteiger partial charge in [0.15, 0.2) is 0 Å². The highest BCUT2D eigenvalue weighted by Crippen LogP contribution is 2.30. The van der Waals surface area contributed by atoms with Gasteiger partial charge in [-0.3, -0.25) is 9.69 Å². The Hall–Kier alpha value is -0.810. The third-order valence-electron chi connectivity index (χ3n) is 4.07. The van der Waals surface area contributed by atoms with Crippen molar-refractivity contribution in [3.8, 4) is 0 Å². The van der Waals surface area contributed by atoms with Crippen LogP contribution in [0.4, 0.5) is 0 Å². The highest BCUT2D eigenvalue weighted by atomic mass is 79.9. The lowest BCUT2D eigenvalue weighted by Crippen LogP contribution is -2.49. The number of nitrogens with zero attached hydrogens (tertiary/aromatic N) is 2. The predicted molar refractivity (Wildman–Crippen MR) is 76.4 cm³/mol. The number of hydrogen-bond acceptors (Lipinski definition) is 3. The van der Waals surface area contributed by atoms with Gasteiger partial charge in [-0.25, -0.2) is 0 Å². The zero-order valence-corrected chi connectivity index (χ0v) is 13.0. The monoisotopic (exact) mass is 326 g/mol. The molecule has 0 spiro atoms. The van der Waals surface area contributed by atoms with Crippen LogP contribution in [-0.2, 0) is 0 Å². The summed E-state index contributed by atoms with van der Waals surface area (Å²) >= 11 is 3.46. The largest absolute Gasteiger partial charge is 0.465 e. The molecule has 0 N–H and O–H groups in total.